The van der Waals surface area contributed by atoms with E-state index < -0.39 is 6.03 Å². The molecule has 2 amide bonds. The van der Waals surface area contributed by atoms with Gasteiger partial charge in [-0.2, -0.15) is 5.10 Å². The lowest BCUT2D eigenvalue weighted by molar-refractivity contribution is 0.0548. The van der Waals surface area contributed by atoms with Crippen LogP contribution in [0.25, 0.3) is 6.08 Å². The first-order valence-corrected chi connectivity index (χ1v) is 13.4. The fraction of sp³-hybridized carbons (Fsp3) is 0.357. The second-order valence-electron chi connectivity index (χ2n) is 8.86. The van der Waals surface area contributed by atoms with Crippen molar-refractivity contribution >= 4 is 52.9 Å². The number of rotatable bonds is 8. The summed E-state index contributed by atoms with van der Waals surface area (Å²) in [7, 11) is 0. The number of halogens is 2. The van der Waals surface area contributed by atoms with Gasteiger partial charge in [0.05, 0.1) is 29.5 Å². The van der Waals surface area contributed by atoms with Crippen LogP contribution in [-0.4, -0.2) is 56.5 Å². The zero-order valence-corrected chi connectivity index (χ0v) is 22.8. The largest absolute Gasteiger partial charge is 0.378 e. The fourth-order valence-corrected chi connectivity index (χ4v) is 4.94. The molecule has 0 bridgehead atoms. The molecular formula is C28H33Cl2N5O2. The number of morpholine rings is 1. The number of hydrogen-bond acceptors (Lipinski definition) is 5. The minimum absolute atomic E-state index is 0.372. The Morgan fingerprint density at radius 1 is 1.05 bits per heavy atom. The van der Waals surface area contributed by atoms with Gasteiger partial charge >= 0.3 is 6.03 Å². The Balaban J connectivity index is 1.50. The molecule has 0 atom stereocenters. The van der Waals surface area contributed by atoms with Gasteiger partial charge < -0.3 is 19.9 Å². The number of ether oxygens (including phenoxy) is 1. The minimum atomic E-state index is -0.454. The summed E-state index contributed by atoms with van der Waals surface area (Å²) in [5.41, 5.74) is 9.06. The highest BCUT2D eigenvalue weighted by Crippen LogP contribution is 2.35. The predicted octanol–water partition coefficient (Wildman–Crippen LogP) is 6.41. The zero-order chi connectivity index (χ0) is 26.2. The van der Waals surface area contributed by atoms with E-state index in [1.165, 1.54) is 22.5 Å². The summed E-state index contributed by atoms with van der Waals surface area (Å²) in [6, 6.07) is 13.2. The lowest BCUT2D eigenvalue weighted by atomic mass is 10.1. The van der Waals surface area contributed by atoms with Gasteiger partial charge in [-0.25, -0.2) is 10.2 Å². The lowest BCUT2D eigenvalue weighted by Crippen LogP contribution is -2.36. The number of anilines is 2. The first-order chi connectivity index (χ1) is 18.0. The van der Waals surface area contributed by atoms with E-state index in [1.54, 1.807) is 24.4 Å². The highest BCUT2D eigenvalue weighted by atomic mass is 35.5. The number of benzene rings is 2. The van der Waals surface area contributed by atoms with Crippen LogP contribution in [0.15, 0.2) is 64.4 Å². The van der Waals surface area contributed by atoms with Crippen molar-refractivity contribution in [2.45, 2.75) is 26.7 Å². The minimum Gasteiger partial charge on any atom is -0.378 e. The van der Waals surface area contributed by atoms with Gasteiger partial charge in [0.1, 0.15) is 0 Å². The SMILES string of the molecule is CCN(CC)c1ccc(/C=C2/CCC(C=NNC(=O)Nc3ccc(Cl)c(Cl)c3)=C2N2CCOCC2)cc1. The van der Waals surface area contributed by atoms with Crippen molar-refractivity contribution in [3.63, 3.8) is 0 Å². The van der Waals surface area contributed by atoms with Gasteiger partial charge in [-0.15, -0.1) is 0 Å². The van der Waals surface area contributed by atoms with Crippen LogP contribution in [0.2, 0.25) is 10.0 Å². The van der Waals surface area contributed by atoms with Crippen LogP contribution in [0.1, 0.15) is 32.3 Å². The molecule has 1 aliphatic heterocycles. The van der Waals surface area contributed by atoms with Crippen LogP contribution in [0.3, 0.4) is 0 Å². The Hall–Kier alpha value is -3.00. The van der Waals surface area contributed by atoms with Gasteiger partial charge in [0.15, 0.2) is 0 Å². The van der Waals surface area contributed by atoms with Crippen molar-refractivity contribution in [3.05, 3.63) is 74.9 Å². The molecule has 0 aromatic heterocycles. The molecule has 2 aromatic rings. The predicted molar refractivity (Wildman–Crippen MR) is 154 cm³/mol. The molecule has 2 aliphatic rings. The number of nitrogens with one attached hydrogen (secondary N) is 2. The molecule has 7 nitrogen and oxygen atoms in total. The Morgan fingerprint density at radius 3 is 2.46 bits per heavy atom. The first kappa shape index (κ1) is 27.0. The molecule has 0 radical (unpaired) electrons. The third-order valence-electron chi connectivity index (χ3n) is 6.53. The molecule has 1 saturated heterocycles. The number of carbonyl (C=O) groups is 1. The Kier molecular flexibility index (Phi) is 9.50. The monoisotopic (exact) mass is 541 g/mol. The molecule has 9 heteroatoms. The quantitative estimate of drug-likeness (QED) is 0.299. The molecule has 2 aromatic carbocycles. The van der Waals surface area contributed by atoms with Crippen molar-refractivity contribution in [1.29, 1.82) is 0 Å². The van der Waals surface area contributed by atoms with Crippen LogP contribution < -0.4 is 15.6 Å². The highest BCUT2D eigenvalue weighted by molar-refractivity contribution is 6.42. The van der Waals surface area contributed by atoms with Crippen molar-refractivity contribution in [2.24, 2.45) is 5.10 Å². The van der Waals surface area contributed by atoms with Crippen LogP contribution in [0, 0.1) is 0 Å². The average Bonchev–Trinajstić information content (AvgIpc) is 3.30. The molecule has 1 heterocycles. The summed E-state index contributed by atoms with van der Waals surface area (Å²) in [5.74, 6) is 0. The van der Waals surface area contributed by atoms with E-state index in [9.17, 15) is 4.79 Å². The van der Waals surface area contributed by atoms with E-state index >= 15 is 0 Å². The highest BCUT2D eigenvalue weighted by Gasteiger charge is 2.25. The molecule has 4 rings (SSSR count). The van der Waals surface area contributed by atoms with Crippen LogP contribution in [-0.2, 0) is 4.74 Å². The Labute approximate surface area is 228 Å². The summed E-state index contributed by atoms with van der Waals surface area (Å²) in [6.45, 7) is 9.38. The normalized spacial score (nSPS) is 17.1. The molecule has 0 saturated carbocycles. The molecule has 2 N–H and O–H groups in total. The fourth-order valence-electron chi connectivity index (χ4n) is 4.64. The smallest absolute Gasteiger partial charge is 0.339 e. The lowest BCUT2D eigenvalue weighted by Gasteiger charge is -2.31. The van der Waals surface area contributed by atoms with Crippen LogP contribution >= 0.6 is 23.2 Å². The number of hydrogen-bond donors (Lipinski definition) is 2. The van der Waals surface area contributed by atoms with Crippen molar-refractivity contribution in [2.75, 3.05) is 49.6 Å². The second-order valence-corrected chi connectivity index (χ2v) is 9.67. The number of carbonyl (C=O) groups excluding carboxylic acids is 1. The molecular weight excluding hydrogens is 509 g/mol. The van der Waals surface area contributed by atoms with Gasteiger partial charge in [-0.1, -0.05) is 35.3 Å². The second kappa shape index (κ2) is 13.0. The molecule has 37 heavy (non-hydrogen) atoms. The maximum atomic E-state index is 12.3. The number of allylic oxidation sites excluding steroid dienone is 2. The summed E-state index contributed by atoms with van der Waals surface area (Å²) in [4.78, 5) is 17.0. The summed E-state index contributed by atoms with van der Waals surface area (Å²) in [5, 5.41) is 7.74. The summed E-state index contributed by atoms with van der Waals surface area (Å²) < 4.78 is 5.58. The number of amides is 2. The van der Waals surface area contributed by atoms with E-state index in [0.717, 1.165) is 44.6 Å². The standard InChI is InChI=1S/C28H33Cl2N5O2/c1-3-34(4-2)24-10-5-20(6-11-24)17-21-7-8-22(27(21)35-13-15-37-16-14-35)19-31-33-28(36)32-23-9-12-25(29)26(30)18-23/h5-6,9-12,17-19H,3-4,7-8,13-16H2,1-2H3,(H2,32,33,36)/b21-17-,31-19?. The van der Waals surface area contributed by atoms with Crippen molar-refractivity contribution in [1.82, 2.24) is 10.3 Å². The topological polar surface area (TPSA) is 69.2 Å². The van der Waals surface area contributed by atoms with Gasteiger partial charge in [-0.3, -0.25) is 0 Å². The van der Waals surface area contributed by atoms with E-state index in [-0.39, 0.29) is 0 Å². The molecule has 0 unspecified atom stereocenters. The van der Waals surface area contributed by atoms with E-state index in [4.69, 9.17) is 27.9 Å². The maximum Gasteiger partial charge on any atom is 0.339 e. The average molecular weight is 543 g/mol. The van der Waals surface area contributed by atoms with Gasteiger partial charge in [0.25, 0.3) is 0 Å². The number of urea groups is 1. The van der Waals surface area contributed by atoms with Gasteiger partial charge in [-0.05, 0) is 79.8 Å². The van der Waals surface area contributed by atoms with Crippen LogP contribution in [0.4, 0.5) is 16.2 Å². The van der Waals surface area contributed by atoms with Gasteiger partial charge in [0, 0.05) is 43.3 Å². The Bertz CT molecular complexity index is 1180. The molecule has 1 fully saturated rings. The van der Waals surface area contributed by atoms with E-state index in [0.29, 0.717) is 28.9 Å². The van der Waals surface area contributed by atoms with Gasteiger partial charge in [0.2, 0.25) is 0 Å². The van der Waals surface area contributed by atoms with Crippen molar-refractivity contribution in [3.8, 4) is 0 Å². The summed E-state index contributed by atoms with van der Waals surface area (Å²) >= 11 is 12.0. The van der Waals surface area contributed by atoms with E-state index in [2.05, 4.69) is 69.8 Å². The third-order valence-corrected chi connectivity index (χ3v) is 7.26. The number of hydrazone groups is 1. The summed E-state index contributed by atoms with van der Waals surface area (Å²) in [6.07, 6.45) is 5.79. The Morgan fingerprint density at radius 2 is 1.78 bits per heavy atom. The van der Waals surface area contributed by atoms with Crippen LogP contribution in [0.5, 0.6) is 0 Å². The number of nitrogens with zero attached hydrogens (tertiary/aromatic N) is 3. The third kappa shape index (κ3) is 7.06. The van der Waals surface area contributed by atoms with E-state index in [1.807, 2.05) is 0 Å². The maximum absolute atomic E-state index is 12.3. The zero-order valence-electron chi connectivity index (χ0n) is 21.3. The van der Waals surface area contributed by atoms with Crippen molar-refractivity contribution < 1.29 is 9.53 Å². The first-order valence-electron chi connectivity index (χ1n) is 12.7. The molecule has 1 aliphatic carbocycles. The molecule has 196 valence electrons. The molecule has 0 spiro atoms.